The summed E-state index contributed by atoms with van der Waals surface area (Å²) in [6.07, 6.45) is 4.01. The number of H-pyrrole nitrogens is 1. The third kappa shape index (κ3) is 2.93. The van der Waals surface area contributed by atoms with Crippen molar-refractivity contribution in [3.05, 3.63) is 66.0 Å². The van der Waals surface area contributed by atoms with Crippen molar-refractivity contribution in [2.75, 3.05) is 18.5 Å². The van der Waals surface area contributed by atoms with Crippen LogP contribution in [0.5, 0.6) is 0 Å². The zero-order valence-corrected chi connectivity index (χ0v) is 14.1. The predicted molar refractivity (Wildman–Crippen MR) is 97.5 cm³/mol. The lowest BCUT2D eigenvalue weighted by Crippen LogP contribution is -2.43. The minimum absolute atomic E-state index is 0.122. The van der Waals surface area contributed by atoms with Crippen molar-refractivity contribution < 1.29 is 9.90 Å². The highest BCUT2D eigenvalue weighted by Crippen LogP contribution is 2.30. The van der Waals surface area contributed by atoms with Crippen LogP contribution in [0.3, 0.4) is 0 Å². The van der Waals surface area contributed by atoms with Crippen LogP contribution in [-0.2, 0) is 6.42 Å². The number of benzene rings is 1. The molecule has 2 amide bonds. The number of fused-ring (bicyclic) bond motifs is 1. The van der Waals surface area contributed by atoms with Gasteiger partial charge in [0, 0.05) is 12.7 Å². The number of aliphatic hydroxyl groups excluding tert-OH is 1. The standard InChI is InChI=1S/C19H19N5O2/c25-12-17-14-6-2-1-5-13(14)8-10-24(17)19(26)22-16-11-21-23-18(16)15-7-3-4-9-20-15/h1-7,9,11,17,25H,8,10,12H2,(H,21,23)(H,22,26)/t17-/m1/s1. The van der Waals surface area contributed by atoms with E-state index in [1.165, 1.54) is 5.56 Å². The van der Waals surface area contributed by atoms with Crippen LogP contribution in [0.15, 0.2) is 54.9 Å². The molecule has 0 fully saturated rings. The summed E-state index contributed by atoms with van der Waals surface area (Å²) in [4.78, 5) is 18.8. The number of carbonyl (C=O) groups excluding carboxylic acids is 1. The number of aliphatic hydroxyl groups is 1. The quantitative estimate of drug-likeness (QED) is 0.677. The molecule has 3 N–H and O–H groups in total. The lowest BCUT2D eigenvalue weighted by atomic mass is 9.93. The van der Waals surface area contributed by atoms with Gasteiger partial charge in [-0.1, -0.05) is 30.3 Å². The molecule has 0 saturated carbocycles. The number of aromatic nitrogens is 3. The zero-order valence-electron chi connectivity index (χ0n) is 14.1. The third-order valence-electron chi connectivity index (χ3n) is 4.65. The largest absolute Gasteiger partial charge is 0.394 e. The Balaban J connectivity index is 1.57. The summed E-state index contributed by atoms with van der Waals surface area (Å²) < 4.78 is 0. The van der Waals surface area contributed by atoms with E-state index in [1.807, 2.05) is 42.5 Å². The minimum Gasteiger partial charge on any atom is -0.394 e. The topological polar surface area (TPSA) is 94.1 Å². The highest BCUT2D eigenvalue weighted by Gasteiger charge is 2.30. The van der Waals surface area contributed by atoms with Crippen molar-refractivity contribution in [1.82, 2.24) is 20.1 Å². The summed E-state index contributed by atoms with van der Waals surface area (Å²) in [6, 6.07) is 12.8. The van der Waals surface area contributed by atoms with Crippen LogP contribution in [-0.4, -0.2) is 44.4 Å². The van der Waals surface area contributed by atoms with Crippen LogP contribution in [0, 0.1) is 0 Å². The van der Waals surface area contributed by atoms with Gasteiger partial charge in [-0.05, 0) is 29.7 Å². The first-order valence-corrected chi connectivity index (χ1v) is 8.49. The normalized spacial score (nSPS) is 16.2. The number of urea groups is 1. The van der Waals surface area contributed by atoms with Crippen LogP contribution >= 0.6 is 0 Å². The van der Waals surface area contributed by atoms with E-state index < -0.39 is 0 Å². The van der Waals surface area contributed by atoms with Crippen LogP contribution in [0.4, 0.5) is 10.5 Å². The van der Waals surface area contributed by atoms with Crippen molar-refractivity contribution in [2.24, 2.45) is 0 Å². The SMILES string of the molecule is O=C(Nc1cn[nH]c1-c1ccccn1)N1CCc2ccccc2[C@H]1CO. The van der Waals surface area contributed by atoms with E-state index in [0.29, 0.717) is 23.6 Å². The Hall–Kier alpha value is -3.19. The van der Waals surface area contributed by atoms with Gasteiger partial charge in [-0.2, -0.15) is 5.10 Å². The first kappa shape index (κ1) is 16.3. The molecular formula is C19H19N5O2. The van der Waals surface area contributed by atoms with Crippen molar-refractivity contribution in [2.45, 2.75) is 12.5 Å². The van der Waals surface area contributed by atoms with Gasteiger partial charge in [0.1, 0.15) is 5.69 Å². The molecule has 7 heteroatoms. The van der Waals surface area contributed by atoms with Crippen molar-refractivity contribution >= 4 is 11.7 Å². The molecule has 1 aromatic carbocycles. The average molecular weight is 349 g/mol. The van der Waals surface area contributed by atoms with E-state index in [0.717, 1.165) is 12.0 Å². The van der Waals surface area contributed by atoms with Crippen LogP contribution in [0.25, 0.3) is 11.4 Å². The Morgan fingerprint density at radius 1 is 1.27 bits per heavy atom. The van der Waals surface area contributed by atoms with Crippen LogP contribution in [0.1, 0.15) is 17.2 Å². The molecule has 3 aromatic rings. The van der Waals surface area contributed by atoms with Gasteiger partial charge in [0.25, 0.3) is 0 Å². The van der Waals surface area contributed by atoms with Gasteiger partial charge in [-0.3, -0.25) is 10.1 Å². The molecule has 3 heterocycles. The molecule has 1 aliphatic rings. The Bertz CT molecular complexity index is 909. The fraction of sp³-hybridized carbons (Fsp3) is 0.211. The number of aromatic amines is 1. The number of carbonyl (C=O) groups is 1. The van der Waals surface area contributed by atoms with E-state index in [4.69, 9.17) is 0 Å². The second kappa shape index (κ2) is 6.97. The van der Waals surface area contributed by atoms with Gasteiger partial charge < -0.3 is 15.3 Å². The number of nitrogens with zero attached hydrogens (tertiary/aromatic N) is 3. The second-order valence-electron chi connectivity index (χ2n) is 6.14. The number of hydrogen-bond donors (Lipinski definition) is 3. The number of nitrogens with one attached hydrogen (secondary N) is 2. The summed E-state index contributed by atoms with van der Waals surface area (Å²) in [7, 11) is 0. The summed E-state index contributed by atoms with van der Waals surface area (Å²) in [5, 5.41) is 19.7. The molecule has 1 atom stereocenters. The molecule has 26 heavy (non-hydrogen) atoms. The first-order valence-electron chi connectivity index (χ1n) is 8.49. The molecule has 0 unspecified atom stereocenters. The molecule has 0 saturated heterocycles. The van der Waals surface area contributed by atoms with E-state index in [2.05, 4.69) is 20.5 Å². The molecular weight excluding hydrogens is 330 g/mol. The number of hydrogen-bond acceptors (Lipinski definition) is 4. The van der Waals surface area contributed by atoms with E-state index >= 15 is 0 Å². The fourth-order valence-corrected chi connectivity index (χ4v) is 3.37. The van der Waals surface area contributed by atoms with Crippen LogP contribution < -0.4 is 5.32 Å². The van der Waals surface area contributed by atoms with Gasteiger partial charge in [-0.15, -0.1) is 0 Å². The van der Waals surface area contributed by atoms with E-state index in [9.17, 15) is 9.90 Å². The Kier molecular flexibility index (Phi) is 4.37. The summed E-state index contributed by atoms with van der Waals surface area (Å²) in [5.41, 5.74) is 4.07. The summed E-state index contributed by atoms with van der Waals surface area (Å²) in [5.74, 6) is 0. The second-order valence-corrected chi connectivity index (χ2v) is 6.14. The third-order valence-corrected chi connectivity index (χ3v) is 4.65. The maximum Gasteiger partial charge on any atom is 0.322 e. The molecule has 0 bridgehead atoms. The molecule has 0 spiro atoms. The average Bonchev–Trinajstić information content (AvgIpc) is 3.15. The van der Waals surface area contributed by atoms with E-state index in [1.54, 1.807) is 17.3 Å². The van der Waals surface area contributed by atoms with Crippen molar-refractivity contribution in [3.8, 4) is 11.4 Å². The van der Waals surface area contributed by atoms with E-state index in [-0.39, 0.29) is 18.7 Å². The highest BCUT2D eigenvalue weighted by atomic mass is 16.3. The van der Waals surface area contributed by atoms with Gasteiger partial charge in [0.2, 0.25) is 0 Å². The predicted octanol–water partition coefficient (Wildman–Crippen LogP) is 2.60. The lowest BCUT2D eigenvalue weighted by Gasteiger charge is -2.36. The molecule has 1 aliphatic heterocycles. The Morgan fingerprint density at radius 2 is 2.12 bits per heavy atom. The molecule has 2 aromatic heterocycles. The maximum atomic E-state index is 12.9. The van der Waals surface area contributed by atoms with Gasteiger partial charge in [-0.25, -0.2) is 4.79 Å². The monoisotopic (exact) mass is 349 g/mol. The fourth-order valence-electron chi connectivity index (χ4n) is 3.37. The minimum atomic E-state index is -0.356. The number of rotatable bonds is 3. The van der Waals surface area contributed by atoms with Gasteiger partial charge in [0.05, 0.1) is 30.2 Å². The Labute approximate surface area is 150 Å². The Morgan fingerprint density at radius 3 is 2.92 bits per heavy atom. The van der Waals surface area contributed by atoms with Gasteiger partial charge >= 0.3 is 6.03 Å². The molecule has 7 nitrogen and oxygen atoms in total. The highest BCUT2D eigenvalue weighted by molar-refractivity contribution is 5.93. The number of anilines is 1. The van der Waals surface area contributed by atoms with Crippen molar-refractivity contribution in [3.63, 3.8) is 0 Å². The maximum absolute atomic E-state index is 12.9. The molecule has 4 rings (SSSR count). The lowest BCUT2D eigenvalue weighted by molar-refractivity contribution is 0.135. The molecule has 0 aliphatic carbocycles. The van der Waals surface area contributed by atoms with Crippen LogP contribution in [0.2, 0.25) is 0 Å². The van der Waals surface area contributed by atoms with Crippen molar-refractivity contribution in [1.29, 1.82) is 0 Å². The summed E-state index contributed by atoms with van der Waals surface area (Å²) >= 11 is 0. The smallest absolute Gasteiger partial charge is 0.322 e. The molecule has 0 radical (unpaired) electrons. The molecule has 132 valence electrons. The first-order chi connectivity index (χ1) is 12.8. The summed E-state index contributed by atoms with van der Waals surface area (Å²) in [6.45, 7) is 0.424. The number of pyridine rings is 1. The number of amides is 2. The zero-order chi connectivity index (χ0) is 17.9. The van der Waals surface area contributed by atoms with Gasteiger partial charge in [0.15, 0.2) is 0 Å².